The third kappa shape index (κ3) is 5.58. The average molecular weight is 290 g/mol. The zero-order chi connectivity index (χ0) is 15.8. The van der Waals surface area contributed by atoms with Crippen LogP contribution in [0.1, 0.15) is 56.5 Å². The molecule has 0 bridgehead atoms. The van der Waals surface area contributed by atoms with Gasteiger partial charge >= 0.3 is 0 Å². The summed E-state index contributed by atoms with van der Waals surface area (Å²) in [4.78, 5) is 23.6. The summed E-state index contributed by atoms with van der Waals surface area (Å²) in [6.07, 6.45) is 1.74. The van der Waals surface area contributed by atoms with Crippen LogP contribution in [0.2, 0.25) is 0 Å². The molecule has 0 aliphatic heterocycles. The molecular weight excluding hydrogens is 264 g/mol. The summed E-state index contributed by atoms with van der Waals surface area (Å²) in [5.41, 5.74) is 1.64. The van der Waals surface area contributed by atoms with Gasteiger partial charge in [0.2, 0.25) is 5.91 Å². The van der Waals surface area contributed by atoms with Gasteiger partial charge in [0.05, 0.1) is 0 Å². The van der Waals surface area contributed by atoms with Crippen molar-refractivity contribution in [2.45, 2.75) is 53.1 Å². The highest BCUT2D eigenvalue weighted by Crippen LogP contribution is 2.06. The van der Waals surface area contributed by atoms with E-state index in [1.165, 1.54) is 0 Å². The number of hydrogen-bond donors (Lipinski definition) is 2. The zero-order valence-corrected chi connectivity index (χ0v) is 13.4. The van der Waals surface area contributed by atoms with Crippen LogP contribution in [0.25, 0.3) is 0 Å². The number of nitrogens with one attached hydrogen (secondary N) is 2. The monoisotopic (exact) mass is 290 g/mol. The molecule has 0 heterocycles. The second-order valence-corrected chi connectivity index (χ2v) is 5.51. The molecule has 4 heteroatoms. The van der Waals surface area contributed by atoms with Crippen molar-refractivity contribution in [2.24, 2.45) is 5.92 Å². The molecule has 2 unspecified atom stereocenters. The summed E-state index contributed by atoms with van der Waals surface area (Å²) in [7, 11) is 0. The van der Waals surface area contributed by atoms with Gasteiger partial charge in [-0.3, -0.25) is 9.59 Å². The molecule has 2 N–H and O–H groups in total. The Bertz CT molecular complexity index is 468. The Balaban J connectivity index is 2.54. The summed E-state index contributed by atoms with van der Waals surface area (Å²) in [5, 5.41) is 5.83. The number of carbonyl (C=O) groups is 2. The summed E-state index contributed by atoms with van der Waals surface area (Å²) >= 11 is 0. The molecular formula is C17H26N2O2. The van der Waals surface area contributed by atoms with E-state index >= 15 is 0 Å². The molecule has 1 aromatic carbocycles. The van der Waals surface area contributed by atoms with Crippen molar-refractivity contribution < 1.29 is 9.59 Å². The minimum Gasteiger partial charge on any atom is -0.352 e. The fourth-order valence-electron chi connectivity index (χ4n) is 1.73. The maximum Gasteiger partial charge on any atom is 0.251 e. The van der Waals surface area contributed by atoms with Gasteiger partial charge in [0.1, 0.15) is 0 Å². The first-order valence-electron chi connectivity index (χ1n) is 7.65. The third-order valence-corrected chi connectivity index (χ3v) is 3.73. The first-order chi connectivity index (χ1) is 9.97. The molecule has 0 radical (unpaired) electrons. The number of benzene rings is 1. The molecule has 0 spiro atoms. The number of carbonyl (C=O) groups excluding carboxylic acids is 2. The van der Waals surface area contributed by atoms with Gasteiger partial charge in [-0.05, 0) is 37.5 Å². The molecule has 0 aliphatic carbocycles. The van der Waals surface area contributed by atoms with E-state index in [0.29, 0.717) is 12.1 Å². The van der Waals surface area contributed by atoms with Crippen LogP contribution >= 0.6 is 0 Å². The van der Waals surface area contributed by atoms with Gasteiger partial charge in [-0.1, -0.05) is 32.9 Å². The SMILES string of the molecule is CCC(C)NC(=O)c1ccc(CNC(=O)C(C)CC)cc1. The first kappa shape index (κ1) is 17.2. The maximum atomic E-state index is 11.9. The van der Waals surface area contributed by atoms with Crippen LogP contribution in [0.5, 0.6) is 0 Å². The van der Waals surface area contributed by atoms with Crippen molar-refractivity contribution in [1.82, 2.24) is 10.6 Å². The highest BCUT2D eigenvalue weighted by molar-refractivity contribution is 5.94. The van der Waals surface area contributed by atoms with E-state index in [0.717, 1.165) is 18.4 Å². The average Bonchev–Trinajstić information content (AvgIpc) is 2.51. The highest BCUT2D eigenvalue weighted by atomic mass is 16.2. The fraction of sp³-hybridized carbons (Fsp3) is 0.529. The topological polar surface area (TPSA) is 58.2 Å². The molecule has 116 valence electrons. The molecule has 4 nitrogen and oxygen atoms in total. The van der Waals surface area contributed by atoms with Gasteiger partial charge < -0.3 is 10.6 Å². The Labute approximate surface area is 127 Å². The second-order valence-electron chi connectivity index (χ2n) is 5.51. The zero-order valence-electron chi connectivity index (χ0n) is 13.4. The Hall–Kier alpha value is -1.84. The van der Waals surface area contributed by atoms with Crippen molar-refractivity contribution in [3.05, 3.63) is 35.4 Å². The predicted octanol–water partition coefficient (Wildman–Crippen LogP) is 2.88. The van der Waals surface area contributed by atoms with Crippen LogP contribution in [0, 0.1) is 5.92 Å². The largest absolute Gasteiger partial charge is 0.352 e. The van der Waals surface area contributed by atoms with Gasteiger partial charge in [-0.15, -0.1) is 0 Å². The lowest BCUT2D eigenvalue weighted by Crippen LogP contribution is -2.32. The number of amides is 2. The van der Waals surface area contributed by atoms with Crippen molar-refractivity contribution in [1.29, 1.82) is 0 Å². The Morgan fingerprint density at radius 2 is 1.67 bits per heavy atom. The minimum absolute atomic E-state index is 0.0329. The Morgan fingerprint density at radius 3 is 2.19 bits per heavy atom. The van der Waals surface area contributed by atoms with Crippen molar-refractivity contribution in [2.75, 3.05) is 0 Å². The Kier molecular flexibility index (Phi) is 6.92. The molecule has 0 saturated carbocycles. The normalized spacial score (nSPS) is 13.3. The van der Waals surface area contributed by atoms with E-state index in [4.69, 9.17) is 0 Å². The molecule has 21 heavy (non-hydrogen) atoms. The minimum atomic E-state index is -0.0560. The Morgan fingerprint density at radius 1 is 1.05 bits per heavy atom. The van der Waals surface area contributed by atoms with E-state index in [1.807, 2.05) is 39.8 Å². The molecule has 2 amide bonds. The maximum absolute atomic E-state index is 11.9. The second kappa shape index (κ2) is 8.45. The van der Waals surface area contributed by atoms with Crippen LogP contribution in [-0.2, 0) is 11.3 Å². The van der Waals surface area contributed by atoms with Gasteiger partial charge in [-0.25, -0.2) is 0 Å². The first-order valence-corrected chi connectivity index (χ1v) is 7.65. The van der Waals surface area contributed by atoms with Gasteiger partial charge in [0, 0.05) is 24.1 Å². The summed E-state index contributed by atoms with van der Waals surface area (Å²) < 4.78 is 0. The summed E-state index contributed by atoms with van der Waals surface area (Å²) in [6.45, 7) is 8.42. The van der Waals surface area contributed by atoms with Crippen molar-refractivity contribution in [3.63, 3.8) is 0 Å². The molecule has 1 aromatic rings. The van der Waals surface area contributed by atoms with Gasteiger partial charge in [0.15, 0.2) is 0 Å². The van der Waals surface area contributed by atoms with Crippen LogP contribution in [-0.4, -0.2) is 17.9 Å². The van der Waals surface area contributed by atoms with E-state index in [1.54, 1.807) is 12.1 Å². The molecule has 0 aliphatic rings. The molecule has 1 rings (SSSR count). The lowest BCUT2D eigenvalue weighted by Gasteiger charge is -2.12. The van der Waals surface area contributed by atoms with E-state index < -0.39 is 0 Å². The number of rotatable bonds is 7. The standard InChI is InChI=1S/C17H26N2O2/c1-5-12(3)16(20)18-11-14-7-9-15(10-8-14)17(21)19-13(4)6-2/h7-10,12-13H,5-6,11H2,1-4H3,(H,18,20)(H,19,21). The van der Waals surface area contributed by atoms with E-state index in [9.17, 15) is 9.59 Å². The molecule has 0 fully saturated rings. The summed E-state index contributed by atoms with van der Waals surface area (Å²) in [6, 6.07) is 7.52. The fourth-order valence-corrected chi connectivity index (χ4v) is 1.73. The van der Waals surface area contributed by atoms with Crippen LogP contribution in [0.15, 0.2) is 24.3 Å². The molecule has 0 aromatic heterocycles. The van der Waals surface area contributed by atoms with Crippen LogP contribution in [0.4, 0.5) is 0 Å². The van der Waals surface area contributed by atoms with Gasteiger partial charge in [0.25, 0.3) is 5.91 Å². The summed E-state index contributed by atoms with van der Waals surface area (Å²) in [5.74, 6) is 0.0428. The van der Waals surface area contributed by atoms with Crippen molar-refractivity contribution in [3.8, 4) is 0 Å². The smallest absolute Gasteiger partial charge is 0.251 e. The van der Waals surface area contributed by atoms with Crippen molar-refractivity contribution >= 4 is 11.8 Å². The molecule has 2 atom stereocenters. The lowest BCUT2D eigenvalue weighted by atomic mass is 10.1. The predicted molar refractivity (Wildman–Crippen MR) is 85.0 cm³/mol. The van der Waals surface area contributed by atoms with Crippen LogP contribution in [0.3, 0.4) is 0 Å². The van der Waals surface area contributed by atoms with Crippen LogP contribution < -0.4 is 10.6 Å². The third-order valence-electron chi connectivity index (χ3n) is 3.73. The quantitative estimate of drug-likeness (QED) is 0.811. The molecule has 0 saturated heterocycles. The van der Waals surface area contributed by atoms with Gasteiger partial charge in [-0.2, -0.15) is 0 Å². The van der Waals surface area contributed by atoms with E-state index in [-0.39, 0.29) is 23.8 Å². The van der Waals surface area contributed by atoms with E-state index in [2.05, 4.69) is 10.6 Å². The highest BCUT2D eigenvalue weighted by Gasteiger charge is 2.10. The lowest BCUT2D eigenvalue weighted by molar-refractivity contribution is -0.124. The number of hydrogen-bond acceptors (Lipinski definition) is 2.